The minimum atomic E-state index is -4.65. The molecule has 0 bridgehead atoms. The van der Waals surface area contributed by atoms with Gasteiger partial charge >= 0.3 is 6.18 Å². The third-order valence-electron chi connectivity index (χ3n) is 1.78. The lowest BCUT2D eigenvalue weighted by molar-refractivity contribution is -0.144. The second-order valence-corrected chi connectivity index (χ2v) is 3.33. The fourth-order valence-corrected chi connectivity index (χ4v) is 1.34. The largest absolute Gasteiger partial charge is 0.451 e. The Balaban J connectivity index is 2.74. The van der Waals surface area contributed by atoms with Gasteiger partial charge in [-0.3, -0.25) is 0 Å². The molecule has 84 valence electrons. The van der Waals surface area contributed by atoms with E-state index in [-0.39, 0.29) is 21.9 Å². The van der Waals surface area contributed by atoms with Gasteiger partial charge in [-0.15, -0.1) is 0 Å². The molecular weight excluding hydrogens is 245 g/mol. The van der Waals surface area contributed by atoms with Crippen LogP contribution in [-0.4, -0.2) is 15.0 Å². The molecule has 0 aliphatic heterocycles. The first-order valence-corrected chi connectivity index (χ1v) is 4.41. The highest BCUT2D eigenvalue weighted by Gasteiger charge is 2.35. The maximum Gasteiger partial charge on any atom is 0.451 e. The van der Waals surface area contributed by atoms with E-state index >= 15 is 0 Å². The Labute approximate surface area is 92.3 Å². The van der Waals surface area contributed by atoms with Crippen molar-refractivity contribution in [1.82, 2.24) is 15.0 Å². The summed E-state index contributed by atoms with van der Waals surface area (Å²) >= 11 is 5.59. The Bertz CT molecular complexity index is 555. The molecule has 2 rings (SSSR count). The van der Waals surface area contributed by atoms with Gasteiger partial charge in [-0.05, 0) is 6.07 Å². The van der Waals surface area contributed by atoms with E-state index in [4.69, 9.17) is 17.3 Å². The predicted octanol–water partition coefficient (Wildman–Crippen LogP) is 2.28. The van der Waals surface area contributed by atoms with Gasteiger partial charge in [0.2, 0.25) is 5.82 Å². The van der Waals surface area contributed by atoms with Crippen molar-refractivity contribution in [1.29, 1.82) is 0 Å². The number of nitrogens with two attached hydrogens (primary N) is 1. The van der Waals surface area contributed by atoms with Gasteiger partial charge in [0.1, 0.15) is 5.15 Å². The van der Waals surface area contributed by atoms with E-state index in [1.54, 1.807) is 0 Å². The fourth-order valence-electron chi connectivity index (χ4n) is 1.12. The quantitative estimate of drug-likeness (QED) is 0.727. The number of nitrogen functional groups attached to an aromatic ring is 1. The summed E-state index contributed by atoms with van der Waals surface area (Å²) in [5, 5.41) is -0.133. The van der Waals surface area contributed by atoms with Gasteiger partial charge in [-0.25, -0.2) is 15.0 Å². The molecular formula is C8H4ClF3N4. The van der Waals surface area contributed by atoms with Gasteiger partial charge in [0.15, 0.2) is 5.65 Å². The van der Waals surface area contributed by atoms with Crippen molar-refractivity contribution in [2.75, 3.05) is 5.73 Å². The molecule has 0 aliphatic rings. The number of fused-ring (bicyclic) bond motifs is 1. The molecule has 2 N–H and O–H groups in total. The summed E-state index contributed by atoms with van der Waals surface area (Å²) in [7, 11) is 0. The molecule has 0 aromatic carbocycles. The molecule has 2 aromatic rings. The number of rotatable bonds is 0. The second kappa shape index (κ2) is 3.44. The smallest absolute Gasteiger partial charge is 0.397 e. The van der Waals surface area contributed by atoms with Crippen LogP contribution in [0.1, 0.15) is 5.82 Å². The molecule has 0 saturated heterocycles. The van der Waals surface area contributed by atoms with E-state index in [1.165, 1.54) is 12.3 Å². The molecule has 0 fully saturated rings. The van der Waals surface area contributed by atoms with Crippen molar-refractivity contribution in [2.45, 2.75) is 6.18 Å². The number of halogens is 4. The van der Waals surface area contributed by atoms with Crippen LogP contribution in [0, 0.1) is 0 Å². The Kier molecular flexibility index (Phi) is 2.34. The number of nitrogens with zero attached hydrogens (tertiary/aromatic N) is 3. The highest BCUT2D eigenvalue weighted by molar-refractivity contribution is 6.34. The summed E-state index contributed by atoms with van der Waals surface area (Å²) in [4.78, 5) is 10.1. The van der Waals surface area contributed by atoms with Crippen LogP contribution in [0.3, 0.4) is 0 Å². The SMILES string of the molecule is Nc1cnc2nc(C(F)(F)F)nc(Cl)c2c1. The number of pyridine rings is 1. The number of alkyl halides is 3. The van der Waals surface area contributed by atoms with Gasteiger partial charge in [-0.2, -0.15) is 13.2 Å². The number of aromatic nitrogens is 3. The molecule has 0 radical (unpaired) electrons. The molecule has 2 heterocycles. The summed E-state index contributed by atoms with van der Waals surface area (Å²) in [6, 6.07) is 1.37. The number of hydrogen-bond donors (Lipinski definition) is 1. The predicted molar refractivity (Wildman–Crippen MR) is 51.8 cm³/mol. The molecule has 0 spiro atoms. The van der Waals surface area contributed by atoms with Gasteiger partial charge in [-0.1, -0.05) is 11.6 Å². The molecule has 4 nitrogen and oxygen atoms in total. The lowest BCUT2D eigenvalue weighted by Crippen LogP contribution is -2.11. The van der Waals surface area contributed by atoms with Crippen LogP contribution in [0.25, 0.3) is 11.0 Å². The number of hydrogen-bond acceptors (Lipinski definition) is 4. The monoisotopic (exact) mass is 248 g/mol. The standard InChI is InChI=1S/C8H4ClF3N4/c9-5-4-1-3(13)2-14-6(4)16-7(15-5)8(10,11)12/h1-2H,13H2. The van der Waals surface area contributed by atoms with Crippen LogP contribution in [0.2, 0.25) is 5.15 Å². The van der Waals surface area contributed by atoms with E-state index in [0.717, 1.165) is 0 Å². The normalized spacial score (nSPS) is 12.0. The Morgan fingerprint density at radius 3 is 2.56 bits per heavy atom. The van der Waals surface area contributed by atoms with Crippen LogP contribution >= 0.6 is 11.6 Å². The second-order valence-electron chi connectivity index (χ2n) is 2.98. The Hall–Kier alpha value is -1.63. The first kappa shape index (κ1) is 10.9. The molecule has 0 saturated carbocycles. The van der Waals surface area contributed by atoms with Gasteiger partial charge in [0.05, 0.1) is 17.3 Å². The minimum Gasteiger partial charge on any atom is -0.397 e. The van der Waals surface area contributed by atoms with Crippen molar-refractivity contribution < 1.29 is 13.2 Å². The van der Waals surface area contributed by atoms with Crippen LogP contribution in [0.5, 0.6) is 0 Å². The van der Waals surface area contributed by atoms with Gasteiger partial charge in [0, 0.05) is 0 Å². The van der Waals surface area contributed by atoms with Crippen LogP contribution in [-0.2, 0) is 6.18 Å². The summed E-state index contributed by atoms with van der Waals surface area (Å²) in [6.45, 7) is 0. The van der Waals surface area contributed by atoms with E-state index < -0.39 is 12.0 Å². The summed E-state index contributed by atoms with van der Waals surface area (Å²) in [5.41, 5.74) is 5.56. The highest BCUT2D eigenvalue weighted by atomic mass is 35.5. The third kappa shape index (κ3) is 1.85. The zero-order chi connectivity index (χ0) is 11.9. The van der Waals surface area contributed by atoms with Gasteiger partial charge in [0.25, 0.3) is 0 Å². The zero-order valence-electron chi connectivity index (χ0n) is 7.59. The molecule has 8 heteroatoms. The van der Waals surface area contributed by atoms with Crippen molar-refractivity contribution in [3.05, 3.63) is 23.2 Å². The van der Waals surface area contributed by atoms with E-state index in [0.29, 0.717) is 0 Å². The lowest BCUT2D eigenvalue weighted by atomic mass is 10.3. The molecule has 16 heavy (non-hydrogen) atoms. The van der Waals surface area contributed by atoms with Crippen LogP contribution < -0.4 is 5.73 Å². The number of anilines is 1. The van der Waals surface area contributed by atoms with E-state index in [2.05, 4.69) is 15.0 Å². The molecule has 0 aliphatic carbocycles. The van der Waals surface area contributed by atoms with Crippen molar-refractivity contribution in [2.24, 2.45) is 0 Å². The van der Waals surface area contributed by atoms with E-state index in [1.807, 2.05) is 0 Å². The lowest BCUT2D eigenvalue weighted by Gasteiger charge is -2.06. The Morgan fingerprint density at radius 1 is 1.25 bits per heavy atom. The average Bonchev–Trinajstić information content (AvgIpc) is 2.17. The maximum atomic E-state index is 12.3. The summed E-state index contributed by atoms with van der Waals surface area (Å²) < 4.78 is 37.0. The van der Waals surface area contributed by atoms with E-state index in [9.17, 15) is 13.2 Å². The van der Waals surface area contributed by atoms with Crippen LogP contribution in [0.15, 0.2) is 12.3 Å². The van der Waals surface area contributed by atoms with Gasteiger partial charge < -0.3 is 5.73 Å². The Morgan fingerprint density at radius 2 is 1.94 bits per heavy atom. The first-order valence-electron chi connectivity index (χ1n) is 4.04. The molecule has 0 unspecified atom stereocenters. The third-order valence-corrected chi connectivity index (χ3v) is 2.07. The minimum absolute atomic E-state index is 0.137. The summed E-state index contributed by atoms with van der Waals surface area (Å²) in [6.07, 6.45) is -3.45. The van der Waals surface area contributed by atoms with Crippen molar-refractivity contribution in [3.63, 3.8) is 0 Å². The molecule has 2 aromatic heterocycles. The fraction of sp³-hybridized carbons (Fsp3) is 0.125. The van der Waals surface area contributed by atoms with Crippen molar-refractivity contribution in [3.8, 4) is 0 Å². The average molecular weight is 249 g/mol. The summed E-state index contributed by atoms with van der Waals surface area (Å²) in [5.74, 6) is -1.32. The molecule has 0 amide bonds. The maximum absolute atomic E-state index is 12.3. The van der Waals surface area contributed by atoms with Crippen molar-refractivity contribution >= 4 is 28.3 Å². The topological polar surface area (TPSA) is 64.7 Å². The molecule has 0 atom stereocenters. The highest BCUT2D eigenvalue weighted by Crippen LogP contribution is 2.29. The first-order chi connectivity index (χ1) is 7.38. The zero-order valence-corrected chi connectivity index (χ0v) is 8.34. The van der Waals surface area contributed by atoms with Crippen LogP contribution in [0.4, 0.5) is 18.9 Å².